The Hall–Kier alpha value is -2.18. The number of likely N-dealkylation sites (N-methyl/N-ethyl adjacent to an activating group) is 1. The molecular formula is C19H30N6O. The van der Waals surface area contributed by atoms with Crippen LogP contribution in [0.25, 0.3) is 11.2 Å². The number of anilines is 1. The van der Waals surface area contributed by atoms with E-state index in [1.807, 2.05) is 16.5 Å². The van der Waals surface area contributed by atoms with Gasteiger partial charge in [0.25, 0.3) is 0 Å². The van der Waals surface area contributed by atoms with Crippen LogP contribution in [0, 0.1) is 17.8 Å². The lowest BCUT2D eigenvalue weighted by atomic mass is 9.84. The molecule has 1 atom stereocenters. The lowest BCUT2D eigenvalue weighted by Crippen LogP contribution is -2.38. The van der Waals surface area contributed by atoms with Gasteiger partial charge in [-0.05, 0) is 18.3 Å². The molecule has 1 saturated carbocycles. The summed E-state index contributed by atoms with van der Waals surface area (Å²) in [7, 11) is 1.90. The molecule has 1 amide bonds. The zero-order valence-corrected chi connectivity index (χ0v) is 16.1. The van der Waals surface area contributed by atoms with Crippen molar-refractivity contribution in [2.45, 2.75) is 52.5 Å². The summed E-state index contributed by atoms with van der Waals surface area (Å²) in [5.74, 6) is 1.84. The molecule has 0 aliphatic heterocycles. The lowest BCUT2D eigenvalue weighted by Gasteiger charge is -2.28. The van der Waals surface area contributed by atoms with Gasteiger partial charge in [-0.3, -0.25) is 4.79 Å². The number of imidazole rings is 1. The van der Waals surface area contributed by atoms with Gasteiger partial charge in [-0.2, -0.15) is 0 Å². The number of aromatic nitrogens is 4. The maximum absolute atomic E-state index is 13.0. The molecule has 0 radical (unpaired) electrons. The van der Waals surface area contributed by atoms with E-state index < -0.39 is 0 Å². The van der Waals surface area contributed by atoms with Crippen LogP contribution in [-0.2, 0) is 11.3 Å². The standard InChI is InChI=1S/C19H30N6O/c1-13(2)15(10-14-6-4-5-7-14)19(26)24(3)8-9-25-12-23-16-17(20)21-11-22-18(16)25/h11-15H,4-10H2,1-3H3,(H2,20,21,22). The Kier molecular flexibility index (Phi) is 5.74. The number of nitrogens with two attached hydrogens (primary N) is 1. The first-order valence-electron chi connectivity index (χ1n) is 9.63. The molecule has 142 valence electrons. The number of rotatable bonds is 7. The summed E-state index contributed by atoms with van der Waals surface area (Å²) in [6.45, 7) is 5.59. The van der Waals surface area contributed by atoms with Crippen LogP contribution in [0.5, 0.6) is 0 Å². The summed E-state index contributed by atoms with van der Waals surface area (Å²) in [4.78, 5) is 27.4. The Bertz CT molecular complexity index is 750. The van der Waals surface area contributed by atoms with Crippen LogP contribution in [0.3, 0.4) is 0 Å². The summed E-state index contributed by atoms with van der Waals surface area (Å²) in [5, 5.41) is 0. The summed E-state index contributed by atoms with van der Waals surface area (Å²) in [6, 6.07) is 0. The zero-order valence-electron chi connectivity index (χ0n) is 16.1. The predicted molar refractivity (Wildman–Crippen MR) is 102 cm³/mol. The summed E-state index contributed by atoms with van der Waals surface area (Å²) in [5.41, 5.74) is 7.16. The average Bonchev–Trinajstić information content (AvgIpc) is 3.27. The lowest BCUT2D eigenvalue weighted by molar-refractivity contribution is -0.136. The van der Waals surface area contributed by atoms with Gasteiger partial charge in [0.2, 0.25) is 5.91 Å². The number of hydrogen-bond donors (Lipinski definition) is 1. The molecule has 0 aromatic carbocycles. The van der Waals surface area contributed by atoms with Gasteiger partial charge in [0.1, 0.15) is 11.8 Å². The van der Waals surface area contributed by atoms with Gasteiger partial charge in [0.15, 0.2) is 11.5 Å². The Balaban J connectivity index is 1.62. The van der Waals surface area contributed by atoms with Gasteiger partial charge in [-0.15, -0.1) is 0 Å². The Morgan fingerprint density at radius 1 is 1.31 bits per heavy atom. The van der Waals surface area contributed by atoms with Crippen molar-refractivity contribution in [2.24, 2.45) is 17.8 Å². The second-order valence-corrected chi connectivity index (χ2v) is 7.87. The maximum atomic E-state index is 13.0. The van der Waals surface area contributed by atoms with E-state index in [1.165, 1.54) is 32.0 Å². The maximum Gasteiger partial charge on any atom is 0.225 e. The third-order valence-electron chi connectivity index (χ3n) is 5.67. The van der Waals surface area contributed by atoms with E-state index in [2.05, 4.69) is 28.8 Å². The number of nitrogen functional groups attached to an aromatic ring is 1. The largest absolute Gasteiger partial charge is 0.382 e. The molecule has 0 spiro atoms. The molecule has 2 aromatic rings. The minimum atomic E-state index is 0.112. The molecule has 2 aromatic heterocycles. The quantitative estimate of drug-likeness (QED) is 0.822. The van der Waals surface area contributed by atoms with E-state index in [0.717, 1.165) is 12.3 Å². The molecule has 3 rings (SSSR count). The van der Waals surface area contributed by atoms with Crippen LogP contribution < -0.4 is 5.73 Å². The zero-order chi connectivity index (χ0) is 18.7. The Morgan fingerprint density at radius 2 is 2.04 bits per heavy atom. The highest BCUT2D eigenvalue weighted by Gasteiger charge is 2.29. The van der Waals surface area contributed by atoms with Gasteiger partial charge >= 0.3 is 0 Å². The highest BCUT2D eigenvalue weighted by atomic mass is 16.2. The third kappa shape index (κ3) is 3.97. The monoisotopic (exact) mass is 358 g/mol. The van der Waals surface area contributed by atoms with Gasteiger partial charge in [-0.25, -0.2) is 15.0 Å². The van der Waals surface area contributed by atoms with Crippen LogP contribution in [0.1, 0.15) is 46.0 Å². The first-order chi connectivity index (χ1) is 12.5. The normalized spacial score (nSPS) is 16.5. The summed E-state index contributed by atoms with van der Waals surface area (Å²) >= 11 is 0. The minimum Gasteiger partial charge on any atom is -0.382 e. The first-order valence-corrected chi connectivity index (χ1v) is 9.63. The van der Waals surface area contributed by atoms with E-state index in [1.54, 1.807) is 6.33 Å². The number of fused-ring (bicyclic) bond motifs is 1. The van der Waals surface area contributed by atoms with Crippen molar-refractivity contribution < 1.29 is 4.79 Å². The fourth-order valence-electron chi connectivity index (χ4n) is 3.98. The Labute approximate surface area is 155 Å². The molecule has 1 aliphatic rings. The molecule has 1 aliphatic carbocycles. The molecule has 0 bridgehead atoms. The summed E-state index contributed by atoms with van der Waals surface area (Å²) < 4.78 is 1.93. The van der Waals surface area contributed by atoms with Gasteiger partial charge in [0, 0.05) is 26.1 Å². The van der Waals surface area contributed by atoms with Crippen molar-refractivity contribution in [1.82, 2.24) is 24.4 Å². The minimum absolute atomic E-state index is 0.112. The topological polar surface area (TPSA) is 89.9 Å². The van der Waals surface area contributed by atoms with Crippen molar-refractivity contribution >= 4 is 22.9 Å². The van der Waals surface area contributed by atoms with Crippen molar-refractivity contribution in [1.29, 1.82) is 0 Å². The molecular weight excluding hydrogens is 328 g/mol. The van der Waals surface area contributed by atoms with E-state index in [-0.39, 0.29) is 11.8 Å². The smallest absolute Gasteiger partial charge is 0.225 e. The second kappa shape index (κ2) is 8.01. The van der Waals surface area contributed by atoms with E-state index in [0.29, 0.717) is 36.0 Å². The average molecular weight is 358 g/mol. The predicted octanol–water partition coefficient (Wildman–Crippen LogP) is 2.72. The number of nitrogens with zero attached hydrogens (tertiary/aromatic N) is 5. The van der Waals surface area contributed by atoms with Crippen molar-refractivity contribution in [3.8, 4) is 0 Å². The van der Waals surface area contributed by atoms with E-state index in [4.69, 9.17) is 5.73 Å². The summed E-state index contributed by atoms with van der Waals surface area (Å²) in [6.07, 6.45) is 9.38. The highest BCUT2D eigenvalue weighted by molar-refractivity contribution is 5.81. The molecule has 1 unspecified atom stereocenters. The third-order valence-corrected chi connectivity index (χ3v) is 5.67. The molecule has 7 heteroatoms. The molecule has 2 heterocycles. The van der Waals surface area contributed by atoms with E-state index in [9.17, 15) is 4.79 Å². The van der Waals surface area contributed by atoms with Crippen LogP contribution in [-0.4, -0.2) is 43.9 Å². The van der Waals surface area contributed by atoms with Crippen LogP contribution in [0.2, 0.25) is 0 Å². The highest BCUT2D eigenvalue weighted by Crippen LogP contribution is 2.33. The van der Waals surface area contributed by atoms with Crippen molar-refractivity contribution in [3.05, 3.63) is 12.7 Å². The molecule has 0 saturated heterocycles. The second-order valence-electron chi connectivity index (χ2n) is 7.87. The number of hydrogen-bond acceptors (Lipinski definition) is 5. The first kappa shape index (κ1) is 18.6. The Morgan fingerprint density at radius 3 is 2.73 bits per heavy atom. The van der Waals surface area contributed by atoms with Crippen molar-refractivity contribution in [2.75, 3.05) is 19.3 Å². The fourth-order valence-corrected chi connectivity index (χ4v) is 3.98. The molecule has 7 nitrogen and oxygen atoms in total. The fraction of sp³-hybridized carbons (Fsp3) is 0.684. The van der Waals surface area contributed by atoms with Crippen LogP contribution in [0.4, 0.5) is 5.82 Å². The molecule has 2 N–H and O–H groups in total. The molecule has 1 fully saturated rings. The SMILES string of the molecule is CC(C)C(CC1CCCC1)C(=O)N(C)CCn1cnc2c(N)ncnc21. The van der Waals surface area contributed by atoms with Crippen molar-refractivity contribution in [3.63, 3.8) is 0 Å². The van der Waals surface area contributed by atoms with Gasteiger partial charge in [0.05, 0.1) is 6.33 Å². The number of carbonyl (C=O) groups is 1. The van der Waals surface area contributed by atoms with Crippen LogP contribution >= 0.6 is 0 Å². The number of carbonyl (C=O) groups excluding carboxylic acids is 1. The van der Waals surface area contributed by atoms with Gasteiger partial charge < -0.3 is 15.2 Å². The van der Waals surface area contributed by atoms with Gasteiger partial charge in [-0.1, -0.05) is 39.5 Å². The van der Waals surface area contributed by atoms with Crippen LogP contribution in [0.15, 0.2) is 12.7 Å². The number of amides is 1. The van der Waals surface area contributed by atoms with E-state index >= 15 is 0 Å². The molecule has 26 heavy (non-hydrogen) atoms.